The summed E-state index contributed by atoms with van der Waals surface area (Å²) in [4.78, 5) is 0. The van der Waals surface area contributed by atoms with Gasteiger partial charge < -0.3 is 25.5 Å². The molecule has 0 spiro atoms. The topological polar surface area (TPSA) is 57.2 Å². The molecule has 0 unspecified atom stereocenters. The van der Waals surface area contributed by atoms with Crippen molar-refractivity contribution in [2.75, 3.05) is 39.3 Å². The van der Waals surface area contributed by atoms with E-state index in [1.807, 2.05) is 20.8 Å². The Hall–Kier alpha value is 1.52. The van der Waals surface area contributed by atoms with Gasteiger partial charge in [0.05, 0.1) is 5.60 Å². The van der Waals surface area contributed by atoms with Gasteiger partial charge in [0.15, 0.2) is 0 Å². The van der Waals surface area contributed by atoms with E-state index in [2.05, 4.69) is 39.3 Å². The number of hydrogen-bond acceptors (Lipinski definition) is 5. The second-order valence-electron chi connectivity index (χ2n) is 11.3. The molecule has 33 heavy (non-hydrogen) atoms. The molecule has 0 saturated carbocycles. The molecule has 0 amide bonds. The molecular weight excluding hydrogens is 483 g/mol. The van der Waals surface area contributed by atoms with Crippen LogP contribution in [0.2, 0.25) is 51.4 Å². The molecule has 0 aromatic rings. The molecule has 0 aliphatic carbocycles. The van der Waals surface area contributed by atoms with Crippen molar-refractivity contribution in [1.29, 1.82) is 0 Å². The maximum absolute atomic E-state index is 8.06. The van der Waals surface area contributed by atoms with Gasteiger partial charge in [0.1, 0.15) is 12.9 Å². The zero-order chi connectivity index (χ0) is 25.0. The maximum Gasteiger partial charge on any atom is 1.00 e. The Morgan fingerprint density at radius 2 is 1.27 bits per heavy atom. The van der Waals surface area contributed by atoms with Crippen LogP contribution >= 0.6 is 11.6 Å². The van der Waals surface area contributed by atoms with Gasteiger partial charge in [0.2, 0.25) is 0 Å². The van der Waals surface area contributed by atoms with Gasteiger partial charge in [-0.25, -0.2) is 0 Å². The van der Waals surface area contributed by atoms with Gasteiger partial charge in [-0.15, -0.1) is 0 Å². The van der Waals surface area contributed by atoms with Crippen molar-refractivity contribution >= 4 is 27.7 Å². The Bertz CT molecular complexity index is 347. The third-order valence-corrected chi connectivity index (χ3v) is 7.04. The average molecular weight is 543 g/mol. The summed E-state index contributed by atoms with van der Waals surface area (Å²) in [6, 6.07) is 2.75. The molecule has 1 fully saturated rings. The Balaban J connectivity index is -0.0000000815. The first-order valence-corrected chi connectivity index (χ1v) is 19.6. The van der Waals surface area contributed by atoms with Crippen molar-refractivity contribution in [2.24, 2.45) is 0 Å². The molecule has 1 saturated heterocycles. The third kappa shape index (κ3) is 65.7. The van der Waals surface area contributed by atoms with E-state index in [9.17, 15) is 0 Å². The summed E-state index contributed by atoms with van der Waals surface area (Å²) >= 11 is 5.32. The van der Waals surface area contributed by atoms with Crippen molar-refractivity contribution in [2.45, 2.75) is 118 Å². The van der Waals surface area contributed by atoms with Crippen molar-refractivity contribution in [3.63, 3.8) is 0 Å². The molecule has 9 heteroatoms. The summed E-state index contributed by atoms with van der Waals surface area (Å²) in [5.74, 6) is 0. The molecule has 1 aliphatic rings. The molecule has 0 atom stereocenters. The summed E-state index contributed by atoms with van der Waals surface area (Å²) in [7, 11) is -1.81. The fourth-order valence-corrected chi connectivity index (χ4v) is 3.22. The second kappa shape index (κ2) is 26.6. The Morgan fingerprint density at radius 1 is 0.909 bits per heavy atom. The van der Waals surface area contributed by atoms with Crippen LogP contribution in [0.1, 0.15) is 56.3 Å². The number of alkyl halides is 1. The molecule has 1 aliphatic heterocycles. The molecule has 202 valence electrons. The van der Waals surface area contributed by atoms with Crippen LogP contribution in [-0.2, 0) is 18.9 Å². The maximum atomic E-state index is 8.06. The van der Waals surface area contributed by atoms with Crippen LogP contribution in [0.15, 0.2) is 0 Å². The molecule has 0 aromatic heterocycles. The summed E-state index contributed by atoms with van der Waals surface area (Å²) < 4.78 is 20.8. The fourth-order valence-electron chi connectivity index (χ4n) is 1.60. The molecular formula is C24H60ClNaO5Si2. The van der Waals surface area contributed by atoms with E-state index in [0.29, 0.717) is 12.9 Å². The molecule has 5 nitrogen and oxygen atoms in total. The van der Waals surface area contributed by atoms with E-state index in [4.69, 9.17) is 35.7 Å². The van der Waals surface area contributed by atoms with Crippen molar-refractivity contribution in [3.05, 3.63) is 0 Å². The summed E-state index contributed by atoms with van der Waals surface area (Å²) in [5, 5.41) is 8.06. The van der Waals surface area contributed by atoms with Crippen molar-refractivity contribution in [1.82, 2.24) is 0 Å². The zero-order valence-electron chi connectivity index (χ0n) is 24.6. The van der Waals surface area contributed by atoms with Gasteiger partial charge in [0.25, 0.3) is 0 Å². The predicted octanol–water partition coefficient (Wildman–Crippen LogP) is 4.59. The van der Waals surface area contributed by atoms with Gasteiger partial charge in [-0.2, -0.15) is 0 Å². The minimum absolute atomic E-state index is 0. The summed E-state index contributed by atoms with van der Waals surface area (Å²) in [6.07, 6.45) is 2.39. The van der Waals surface area contributed by atoms with Gasteiger partial charge in [-0.3, -0.25) is 0 Å². The van der Waals surface area contributed by atoms with Crippen molar-refractivity contribution < 1.29 is 55.0 Å². The van der Waals surface area contributed by atoms with Gasteiger partial charge in [-0.1, -0.05) is 58.3 Å². The average Bonchev–Trinajstić information content (AvgIpc) is 3.11. The molecule has 0 aromatic carbocycles. The van der Waals surface area contributed by atoms with Crippen LogP contribution in [0.3, 0.4) is 0 Å². The number of halogens is 1. The SMILES string of the molecule is C.C1CCOC1.CC(C)(C)OCOCC[Si](C)(C)C.CC(C)O.C[Si](C)(C)CCOCCl.[H-].[Na+]. The third-order valence-electron chi connectivity index (χ3n) is 3.47. The van der Waals surface area contributed by atoms with E-state index in [1.165, 1.54) is 24.9 Å². The van der Waals surface area contributed by atoms with Crippen LogP contribution < -0.4 is 29.6 Å². The standard InChI is InChI=1S/C10H24O2Si.C6H15ClOSi.C4H8O.C3H8O.CH4.Na.H/c1-10(2,3)12-9-11-7-8-13(4,5)6;1-9(2,3)5-4-8-6-7;1-2-4-5-3-1;1-3(2)4;;;/h7-9H2,1-6H3;4-6H2,1-3H3;1-4H2;3-4H,1-2H3;1H4;;/q;;;;;+1;-1. The zero-order valence-corrected chi connectivity index (χ0v) is 28.4. The fraction of sp³-hybridized carbons (Fsp3) is 1.00. The van der Waals surface area contributed by atoms with E-state index >= 15 is 0 Å². The minimum Gasteiger partial charge on any atom is -1.00 e. The van der Waals surface area contributed by atoms with Crippen molar-refractivity contribution in [3.8, 4) is 0 Å². The Labute approximate surface area is 238 Å². The monoisotopic (exact) mass is 542 g/mol. The molecule has 1 heterocycles. The van der Waals surface area contributed by atoms with Gasteiger partial charge >= 0.3 is 29.6 Å². The number of aliphatic hydroxyl groups excluding tert-OH is 1. The quantitative estimate of drug-likeness (QED) is 0.200. The number of aliphatic hydroxyl groups is 1. The van der Waals surface area contributed by atoms with Gasteiger partial charge in [-0.05, 0) is 59.5 Å². The van der Waals surface area contributed by atoms with E-state index < -0.39 is 16.1 Å². The number of rotatable bonds is 9. The predicted molar refractivity (Wildman–Crippen MR) is 150 cm³/mol. The first-order chi connectivity index (χ1) is 14.0. The number of ether oxygens (including phenoxy) is 4. The first-order valence-electron chi connectivity index (χ1n) is 11.6. The second-order valence-corrected chi connectivity index (χ2v) is 22.8. The molecule has 1 N–H and O–H groups in total. The Kier molecular flexibility index (Phi) is 35.9. The summed E-state index contributed by atoms with van der Waals surface area (Å²) in [5.41, 5.74) is -0.0842. The first kappa shape index (κ1) is 44.5. The van der Waals surface area contributed by atoms with Crippen LogP contribution in [0.25, 0.3) is 0 Å². The van der Waals surface area contributed by atoms with E-state index in [0.717, 1.165) is 26.4 Å². The normalized spacial score (nSPS) is 13.3. The van der Waals surface area contributed by atoms with Crippen LogP contribution in [0, 0.1) is 0 Å². The number of hydrogen-bond donors (Lipinski definition) is 1. The van der Waals surface area contributed by atoms with Crippen LogP contribution in [0.5, 0.6) is 0 Å². The van der Waals surface area contributed by atoms with Crippen LogP contribution in [-0.4, -0.2) is 72.2 Å². The smallest absolute Gasteiger partial charge is 1.00 e. The van der Waals surface area contributed by atoms with Crippen LogP contribution in [0.4, 0.5) is 0 Å². The largest absolute Gasteiger partial charge is 1.00 e. The molecule has 0 bridgehead atoms. The molecule has 0 radical (unpaired) electrons. The van der Waals surface area contributed by atoms with E-state index in [1.54, 1.807) is 13.8 Å². The summed E-state index contributed by atoms with van der Waals surface area (Å²) in [6.45, 7) is 27.7. The van der Waals surface area contributed by atoms with E-state index in [-0.39, 0.29) is 50.1 Å². The van der Waals surface area contributed by atoms with Gasteiger partial charge in [0, 0.05) is 48.7 Å². The Morgan fingerprint density at radius 3 is 1.52 bits per heavy atom. The molecule has 1 rings (SSSR count). The minimum atomic E-state index is -0.934.